The number of hydrogen-bond acceptors (Lipinski definition) is 3. The highest BCUT2D eigenvalue weighted by Crippen LogP contribution is 2.24. The first kappa shape index (κ1) is 16.1. The Kier molecular flexibility index (Phi) is 5.48. The molecule has 0 spiro atoms. The maximum Gasteiger partial charge on any atom is 0.260 e. The van der Waals surface area contributed by atoms with Crippen molar-refractivity contribution in [3.63, 3.8) is 0 Å². The first-order chi connectivity index (χ1) is 10.0. The summed E-state index contributed by atoms with van der Waals surface area (Å²) in [4.78, 5) is 14.2. The summed E-state index contributed by atoms with van der Waals surface area (Å²) in [5.74, 6) is 1.33. The second-order valence-electron chi connectivity index (χ2n) is 5.80. The van der Waals surface area contributed by atoms with Crippen LogP contribution in [0.3, 0.4) is 0 Å². The van der Waals surface area contributed by atoms with E-state index < -0.39 is 0 Å². The highest BCUT2D eigenvalue weighted by Gasteiger charge is 2.29. The highest BCUT2D eigenvalue weighted by molar-refractivity contribution is 6.30. The van der Waals surface area contributed by atoms with Gasteiger partial charge in [0.1, 0.15) is 5.75 Å². The maximum absolute atomic E-state index is 12.3. The molecule has 1 aromatic carbocycles. The molecule has 0 radical (unpaired) electrons. The molecule has 1 aromatic rings. The predicted octanol–water partition coefficient (Wildman–Crippen LogP) is 2.61. The molecule has 5 heteroatoms. The second-order valence-corrected chi connectivity index (χ2v) is 6.24. The van der Waals surface area contributed by atoms with Gasteiger partial charge in [0.15, 0.2) is 6.61 Å². The number of nitrogens with two attached hydrogens (primary N) is 1. The van der Waals surface area contributed by atoms with E-state index in [0.29, 0.717) is 23.2 Å². The fraction of sp³-hybridized carbons (Fsp3) is 0.562. The zero-order valence-electron chi connectivity index (χ0n) is 12.6. The molecule has 1 heterocycles. The van der Waals surface area contributed by atoms with Gasteiger partial charge in [0.05, 0.1) is 0 Å². The van der Waals surface area contributed by atoms with Gasteiger partial charge in [0.25, 0.3) is 5.91 Å². The predicted molar refractivity (Wildman–Crippen MR) is 84.6 cm³/mol. The summed E-state index contributed by atoms with van der Waals surface area (Å²) in [5, 5.41) is 0.666. The Balaban J connectivity index is 1.94. The van der Waals surface area contributed by atoms with Crippen LogP contribution in [0.1, 0.15) is 25.3 Å². The zero-order chi connectivity index (χ0) is 15.4. The van der Waals surface area contributed by atoms with Crippen molar-refractivity contribution in [3.05, 3.63) is 28.8 Å². The van der Waals surface area contributed by atoms with E-state index >= 15 is 0 Å². The summed E-state index contributed by atoms with van der Waals surface area (Å²) in [6, 6.07) is 5.52. The Labute approximate surface area is 131 Å². The summed E-state index contributed by atoms with van der Waals surface area (Å²) in [6.07, 6.45) is 2.00. The molecule has 0 aromatic heterocycles. The van der Waals surface area contributed by atoms with Crippen LogP contribution in [0.5, 0.6) is 5.75 Å². The van der Waals surface area contributed by atoms with Crippen molar-refractivity contribution in [2.75, 3.05) is 19.7 Å². The van der Waals surface area contributed by atoms with Gasteiger partial charge in [-0.15, -0.1) is 0 Å². The van der Waals surface area contributed by atoms with Gasteiger partial charge >= 0.3 is 0 Å². The third-order valence-electron chi connectivity index (χ3n) is 4.06. The van der Waals surface area contributed by atoms with E-state index in [1.165, 1.54) is 0 Å². The molecule has 0 aliphatic carbocycles. The summed E-state index contributed by atoms with van der Waals surface area (Å²) in [6.45, 7) is 5.45. The van der Waals surface area contributed by atoms with Crippen molar-refractivity contribution >= 4 is 17.5 Å². The number of benzene rings is 1. The van der Waals surface area contributed by atoms with Gasteiger partial charge < -0.3 is 15.4 Å². The van der Waals surface area contributed by atoms with Crippen LogP contribution in [0, 0.1) is 12.8 Å². The summed E-state index contributed by atoms with van der Waals surface area (Å²) < 4.78 is 5.64. The quantitative estimate of drug-likeness (QED) is 0.930. The molecule has 1 aliphatic rings. The van der Waals surface area contributed by atoms with E-state index in [0.717, 1.165) is 24.9 Å². The third-order valence-corrected chi connectivity index (χ3v) is 4.29. The Bertz CT molecular complexity index is 507. The zero-order valence-corrected chi connectivity index (χ0v) is 13.4. The normalized spacial score (nSPS) is 22.2. The number of amides is 1. The van der Waals surface area contributed by atoms with Gasteiger partial charge in [-0.1, -0.05) is 18.5 Å². The topological polar surface area (TPSA) is 55.6 Å². The Hall–Kier alpha value is -1.26. The number of carbonyl (C=O) groups is 1. The molecule has 1 fully saturated rings. The molecular weight excluding hydrogens is 288 g/mol. The van der Waals surface area contributed by atoms with Crippen LogP contribution in [0.15, 0.2) is 18.2 Å². The maximum atomic E-state index is 12.3. The van der Waals surface area contributed by atoms with Crippen molar-refractivity contribution in [2.45, 2.75) is 32.7 Å². The minimum Gasteiger partial charge on any atom is -0.483 e. The number of rotatable bonds is 4. The largest absolute Gasteiger partial charge is 0.483 e. The van der Waals surface area contributed by atoms with Gasteiger partial charge in [-0.05, 0) is 49.4 Å². The SMILES string of the molecule is Cc1cc(Cl)ccc1OCC(=O)N1CCC(C)CC1CN. The van der Waals surface area contributed by atoms with E-state index in [1.807, 2.05) is 17.9 Å². The van der Waals surface area contributed by atoms with Crippen molar-refractivity contribution in [1.29, 1.82) is 0 Å². The molecule has 1 saturated heterocycles. The molecule has 2 unspecified atom stereocenters. The van der Waals surface area contributed by atoms with E-state index in [4.69, 9.17) is 22.1 Å². The lowest BCUT2D eigenvalue weighted by atomic mass is 9.92. The van der Waals surface area contributed by atoms with Gasteiger partial charge in [0.2, 0.25) is 0 Å². The van der Waals surface area contributed by atoms with Crippen LogP contribution in [-0.4, -0.2) is 36.5 Å². The number of nitrogens with zero attached hydrogens (tertiary/aromatic N) is 1. The van der Waals surface area contributed by atoms with E-state index in [9.17, 15) is 4.79 Å². The molecule has 0 saturated carbocycles. The smallest absolute Gasteiger partial charge is 0.260 e. The van der Waals surface area contributed by atoms with Gasteiger partial charge in [0, 0.05) is 24.2 Å². The minimum absolute atomic E-state index is 0.00620. The standard InChI is InChI=1S/C16H23ClN2O2/c1-11-5-6-19(14(7-11)9-18)16(20)10-21-15-4-3-13(17)8-12(15)2/h3-4,8,11,14H,5-7,9-10,18H2,1-2H3. The Morgan fingerprint density at radius 1 is 1.52 bits per heavy atom. The first-order valence-corrected chi connectivity index (χ1v) is 7.77. The molecule has 1 amide bonds. The first-order valence-electron chi connectivity index (χ1n) is 7.39. The molecule has 2 N–H and O–H groups in total. The van der Waals surface area contributed by atoms with Crippen LogP contribution in [-0.2, 0) is 4.79 Å². The van der Waals surface area contributed by atoms with Crippen LogP contribution in [0.25, 0.3) is 0 Å². The van der Waals surface area contributed by atoms with Crippen LogP contribution in [0.2, 0.25) is 5.02 Å². The molecule has 4 nitrogen and oxygen atoms in total. The van der Waals surface area contributed by atoms with Gasteiger partial charge in [-0.2, -0.15) is 0 Å². The Morgan fingerprint density at radius 2 is 2.29 bits per heavy atom. The number of halogens is 1. The van der Waals surface area contributed by atoms with Crippen molar-refractivity contribution in [1.82, 2.24) is 4.90 Å². The molecule has 0 bridgehead atoms. The van der Waals surface area contributed by atoms with E-state index in [2.05, 4.69) is 6.92 Å². The summed E-state index contributed by atoms with van der Waals surface area (Å²) >= 11 is 5.91. The number of piperidine rings is 1. The number of likely N-dealkylation sites (tertiary alicyclic amines) is 1. The molecule has 2 atom stereocenters. The van der Waals surface area contributed by atoms with Crippen LogP contribution in [0.4, 0.5) is 0 Å². The lowest BCUT2D eigenvalue weighted by Gasteiger charge is -2.37. The van der Waals surface area contributed by atoms with Gasteiger partial charge in [-0.3, -0.25) is 4.79 Å². The Morgan fingerprint density at radius 3 is 2.95 bits per heavy atom. The summed E-state index contributed by atoms with van der Waals surface area (Å²) in [5.41, 5.74) is 6.72. The average molecular weight is 311 g/mol. The van der Waals surface area contributed by atoms with Crippen molar-refractivity contribution in [2.24, 2.45) is 11.7 Å². The fourth-order valence-corrected chi connectivity index (χ4v) is 3.03. The summed E-state index contributed by atoms with van der Waals surface area (Å²) in [7, 11) is 0. The number of carbonyl (C=O) groups excluding carboxylic acids is 1. The lowest BCUT2D eigenvalue weighted by molar-refractivity contribution is -0.137. The minimum atomic E-state index is 0.00620. The fourth-order valence-electron chi connectivity index (χ4n) is 2.80. The monoisotopic (exact) mass is 310 g/mol. The van der Waals surface area contributed by atoms with Crippen LogP contribution < -0.4 is 10.5 Å². The number of hydrogen-bond donors (Lipinski definition) is 1. The number of ether oxygens (including phenoxy) is 1. The third kappa shape index (κ3) is 4.11. The van der Waals surface area contributed by atoms with E-state index in [-0.39, 0.29) is 18.6 Å². The van der Waals surface area contributed by atoms with Crippen molar-refractivity contribution < 1.29 is 9.53 Å². The molecule has 116 valence electrons. The van der Waals surface area contributed by atoms with Crippen molar-refractivity contribution in [3.8, 4) is 5.75 Å². The average Bonchev–Trinajstić information content (AvgIpc) is 2.45. The second kappa shape index (κ2) is 7.14. The molecule has 21 heavy (non-hydrogen) atoms. The van der Waals surface area contributed by atoms with Gasteiger partial charge in [-0.25, -0.2) is 0 Å². The molecular formula is C16H23ClN2O2. The lowest BCUT2D eigenvalue weighted by Crippen LogP contribution is -2.50. The van der Waals surface area contributed by atoms with E-state index in [1.54, 1.807) is 12.1 Å². The molecule has 1 aliphatic heterocycles. The number of aryl methyl sites for hydroxylation is 1. The van der Waals surface area contributed by atoms with Crippen LogP contribution >= 0.6 is 11.6 Å². The highest BCUT2D eigenvalue weighted by atomic mass is 35.5. The molecule has 2 rings (SSSR count).